The van der Waals surface area contributed by atoms with Gasteiger partial charge in [-0.15, -0.1) is 0 Å². The Hall–Kier alpha value is 1.80. The summed E-state index contributed by atoms with van der Waals surface area (Å²) < 4.78 is 0. The Morgan fingerprint density at radius 2 is 0.750 bits per heavy atom. The Morgan fingerprint density at radius 3 is 0.750 bits per heavy atom. The predicted octanol–water partition coefficient (Wildman–Crippen LogP) is -3.82. The summed E-state index contributed by atoms with van der Waals surface area (Å²) >= 11 is 0. The first-order valence-electron chi connectivity index (χ1n) is 0. The monoisotopic (exact) mass is 148 g/mol. The van der Waals surface area contributed by atoms with Crippen molar-refractivity contribution in [2.75, 3.05) is 0 Å². The van der Waals surface area contributed by atoms with Crippen LogP contribution in [-0.4, -0.2) is 45.7 Å². The molecule has 0 fully saturated rings. The summed E-state index contributed by atoms with van der Waals surface area (Å²) in [7, 11) is 0. The number of hydrogen-bond donors (Lipinski definition) is 0. The molecule has 0 heterocycles. The molecule has 0 aliphatic rings. The summed E-state index contributed by atoms with van der Waals surface area (Å²) in [5.74, 6) is 0. The van der Waals surface area contributed by atoms with Crippen molar-refractivity contribution in [2.45, 2.75) is 0 Å². The SMILES string of the molecule is [AlH3].[AlH3].[Fe].[SiH4]. The molecule has 0 aromatic heterocycles. The first kappa shape index (κ1) is 41.2. The fourth-order valence-electron chi connectivity index (χ4n) is 0. The zero-order valence-corrected chi connectivity index (χ0v) is 1.46. The van der Waals surface area contributed by atoms with E-state index in [9.17, 15) is 0 Å². The normalized spacial score (nSPS) is 0. The topological polar surface area (TPSA) is 0 Å². The van der Waals surface area contributed by atoms with Crippen molar-refractivity contribution in [1.29, 1.82) is 0 Å². The van der Waals surface area contributed by atoms with Crippen LogP contribution in [0.4, 0.5) is 0 Å². The molecular weight excluding hydrogens is 138 g/mol. The zero-order chi connectivity index (χ0) is 0. The van der Waals surface area contributed by atoms with Gasteiger partial charge in [-0.1, -0.05) is 0 Å². The van der Waals surface area contributed by atoms with Gasteiger partial charge in [0.2, 0.25) is 0 Å². The maximum Gasteiger partial charge on any atom is 0.187 e. The summed E-state index contributed by atoms with van der Waals surface area (Å²) in [6.07, 6.45) is 0. The van der Waals surface area contributed by atoms with Crippen molar-refractivity contribution in [1.82, 2.24) is 0 Å². The average molecular weight is 148 g/mol. The molecule has 0 saturated heterocycles. The maximum atomic E-state index is 0. The van der Waals surface area contributed by atoms with Crippen LogP contribution in [0.1, 0.15) is 0 Å². The molecule has 0 atom stereocenters. The Balaban J connectivity index is 0. The predicted molar refractivity (Wildman–Crippen MR) is 31.2 cm³/mol. The van der Waals surface area contributed by atoms with Gasteiger partial charge in [-0.05, 0) is 11.0 Å². The van der Waals surface area contributed by atoms with E-state index in [0.29, 0.717) is 0 Å². The van der Waals surface area contributed by atoms with Gasteiger partial charge < -0.3 is 0 Å². The summed E-state index contributed by atoms with van der Waals surface area (Å²) in [5.41, 5.74) is 0. The van der Waals surface area contributed by atoms with E-state index in [-0.39, 0.29) is 62.8 Å². The van der Waals surface area contributed by atoms with Crippen LogP contribution < -0.4 is 0 Å². The zero-order valence-electron chi connectivity index (χ0n) is 0.354. The molecule has 0 spiro atoms. The van der Waals surface area contributed by atoms with Crippen LogP contribution in [-0.2, 0) is 17.1 Å². The van der Waals surface area contributed by atoms with E-state index in [1.165, 1.54) is 0 Å². The molecule has 0 unspecified atom stereocenters. The molecule has 0 rings (SSSR count). The first-order valence-corrected chi connectivity index (χ1v) is 0. The van der Waals surface area contributed by atoms with E-state index < -0.39 is 0 Å². The fourth-order valence-corrected chi connectivity index (χ4v) is 0. The third-order valence-electron chi connectivity index (χ3n) is 0. The molecule has 0 aromatic rings. The summed E-state index contributed by atoms with van der Waals surface area (Å²) in [6.45, 7) is 0. The van der Waals surface area contributed by atoms with E-state index in [2.05, 4.69) is 0 Å². The Kier molecular flexibility index (Phi) is 220. The minimum atomic E-state index is 0. The van der Waals surface area contributed by atoms with Crippen molar-refractivity contribution >= 4 is 45.7 Å². The minimum Gasteiger partial charge on any atom is -0.0149 e. The van der Waals surface area contributed by atoms with Crippen molar-refractivity contribution in [2.24, 2.45) is 0 Å². The molecule has 0 aliphatic heterocycles. The van der Waals surface area contributed by atoms with E-state index in [4.69, 9.17) is 0 Å². The molecule has 28 valence electrons. The Labute approximate surface area is 62.5 Å². The van der Waals surface area contributed by atoms with E-state index in [1.54, 1.807) is 0 Å². The number of rotatable bonds is 0. The van der Waals surface area contributed by atoms with E-state index in [0.717, 1.165) is 0 Å². The smallest absolute Gasteiger partial charge is 0.0149 e. The second-order valence-electron chi connectivity index (χ2n) is 0. The van der Waals surface area contributed by atoms with Crippen molar-refractivity contribution in [3.63, 3.8) is 0 Å². The molecule has 0 aromatic carbocycles. The average Bonchev–Trinajstić information content (AvgIpc) is 0. The first-order chi connectivity index (χ1) is 0. The van der Waals surface area contributed by atoms with Gasteiger partial charge in [0, 0.05) is 17.1 Å². The fraction of sp³-hybridized carbons (Fsp3) is 0. The van der Waals surface area contributed by atoms with Crippen molar-refractivity contribution in [3.8, 4) is 0 Å². The molecule has 0 radical (unpaired) electrons. The molecule has 0 N–H and O–H groups in total. The molecular formula is H10Al2FeSi. The third-order valence-corrected chi connectivity index (χ3v) is 0. The molecule has 0 saturated carbocycles. The molecule has 0 aliphatic carbocycles. The third kappa shape index (κ3) is 9.19. The Morgan fingerprint density at radius 1 is 0.750 bits per heavy atom. The summed E-state index contributed by atoms with van der Waals surface area (Å²) in [4.78, 5) is 0. The van der Waals surface area contributed by atoms with Gasteiger partial charge in [0.25, 0.3) is 0 Å². The standard InChI is InChI=1S/2Al.Fe.H4Si.6H/h;;;1H4;;;;;;. The van der Waals surface area contributed by atoms with Crippen LogP contribution in [0.25, 0.3) is 0 Å². The van der Waals surface area contributed by atoms with E-state index >= 15 is 0 Å². The van der Waals surface area contributed by atoms with Gasteiger partial charge >= 0.3 is 0 Å². The van der Waals surface area contributed by atoms with Gasteiger partial charge in [-0.3, -0.25) is 0 Å². The molecule has 0 nitrogen and oxygen atoms in total. The minimum absolute atomic E-state index is 0. The maximum absolute atomic E-state index is 0. The van der Waals surface area contributed by atoms with Crippen molar-refractivity contribution < 1.29 is 17.1 Å². The second kappa shape index (κ2) is 21.4. The van der Waals surface area contributed by atoms with Crippen LogP contribution in [0.5, 0.6) is 0 Å². The van der Waals surface area contributed by atoms with Crippen LogP contribution in [0.2, 0.25) is 0 Å². The quantitative estimate of drug-likeness (QED) is 0.309. The van der Waals surface area contributed by atoms with Gasteiger partial charge in [0.1, 0.15) is 0 Å². The number of hydrogen-bond acceptors (Lipinski definition) is 0. The summed E-state index contributed by atoms with van der Waals surface area (Å²) in [5, 5.41) is 0. The van der Waals surface area contributed by atoms with Gasteiger partial charge in [0.05, 0.1) is 0 Å². The van der Waals surface area contributed by atoms with Crippen LogP contribution in [0.15, 0.2) is 0 Å². The largest absolute Gasteiger partial charge is 0.187 e. The molecule has 0 amide bonds. The van der Waals surface area contributed by atoms with Crippen LogP contribution >= 0.6 is 0 Å². The Bertz CT molecular complexity index is 6.00. The van der Waals surface area contributed by atoms with Crippen LogP contribution in [0, 0.1) is 0 Å². The van der Waals surface area contributed by atoms with Gasteiger partial charge in [0.15, 0.2) is 34.7 Å². The van der Waals surface area contributed by atoms with E-state index in [1.807, 2.05) is 0 Å². The molecule has 4 heavy (non-hydrogen) atoms. The molecule has 0 bridgehead atoms. The second-order valence-corrected chi connectivity index (χ2v) is 0. The van der Waals surface area contributed by atoms with Gasteiger partial charge in [-0.25, -0.2) is 0 Å². The summed E-state index contributed by atoms with van der Waals surface area (Å²) in [6, 6.07) is 0. The molecule has 4 heteroatoms. The van der Waals surface area contributed by atoms with Gasteiger partial charge in [-0.2, -0.15) is 0 Å². The van der Waals surface area contributed by atoms with Crippen LogP contribution in [0.3, 0.4) is 0 Å². The van der Waals surface area contributed by atoms with Crippen molar-refractivity contribution in [3.05, 3.63) is 0 Å².